The van der Waals surface area contributed by atoms with E-state index in [9.17, 15) is 9.18 Å². The highest BCUT2D eigenvalue weighted by molar-refractivity contribution is 5.89. The van der Waals surface area contributed by atoms with Gasteiger partial charge in [0.15, 0.2) is 0 Å². The van der Waals surface area contributed by atoms with E-state index in [4.69, 9.17) is 4.52 Å². The number of para-hydroxylation sites is 1. The molecule has 2 aromatic carbocycles. The third-order valence-corrected chi connectivity index (χ3v) is 4.63. The Morgan fingerprint density at radius 2 is 2.11 bits per heavy atom. The summed E-state index contributed by atoms with van der Waals surface area (Å²) in [5.74, 6) is 0.420. The van der Waals surface area contributed by atoms with E-state index < -0.39 is 5.82 Å². The number of rotatable bonds is 3. The van der Waals surface area contributed by atoms with Gasteiger partial charge >= 0.3 is 6.03 Å². The van der Waals surface area contributed by atoms with Crippen LogP contribution in [0.25, 0.3) is 11.4 Å². The topological polar surface area (TPSA) is 71.3 Å². The van der Waals surface area contributed by atoms with Gasteiger partial charge in [0.2, 0.25) is 11.7 Å². The summed E-state index contributed by atoms with van der Waals surface area (Å²) in [5, 5.41) is 6.68. The largest absolute Gasteiger partial charge is 0.337 e. The van der Waals surface area contributed by atoms with Crippen molar-refractivity contribution >= 4 is 11.7 Å². The highest BCUT2D eigenvalue weighted by atomic mass is 19.1. The maximum atomic E-state index is 13.8. The number of likely N-dealkylation sites (tertiary alicyclic amines) is 1. The molecule has 0 radical (unpaired) electrons. The molecule has 1 fully saturated rings. The molecule has 27 heavy (non-hydrogen) atoms. The molecule has 6 nitrogen and oxygen atoms in total. The van der Waals surface area contributed by atoms with E-state index in [0.717, 1.165) is 24.0 Å². The molecular formula is C20H19FN4O2. The maximum Gasteiger partial charge on any atom is 0.322 e. The Bertz CT molecular complexity index is 972. The van der Waals surface area contributed by atoms with Gasteiger partial charge < -0.3 is 14.7 Å². The lowest BCUT2D eigenvalue weighted by molar-refractivity contribution is 0.193. The van der Waals surface area contributed by atoms with Gasteiger partial charge in [0, 0.05) is 12.1 Å². The van der Waals surface area contributed by atoms with E-state index in [0.29, 0.717) is 18.3 Å². The molecule has 7 heteroatoms. The molecule has 1 N–H and O–H groups in total. The summed E-state index contributed by atoms with van der Waals surface area (Å²) >= 11 is 0. The number of carbonyl (C=O) groups excluding carboxylic acids is 1. The second-order valence-corrected chi connectivity index (χ2v) is 6.59. The number of amides is 2. The minimum absolute atomic E-state index is 0.152. The van der Waals surface area contributed by atoms with Gasteiger partial charge in [-0.15, -0.1) is 0 Å². The molecule has 2 heterocycles. The molecule has 0 aliphatic carbocycles. The lowest BCUT2D eigenvalue weighted by Crippen LogP contribution is -2.34. The number of benzene rings is 2. The molecule has 1 aromatic heterocycles. The highest BCUT2D eigenvalue weighted by Crippen LogP contribution is 2.32. The molecular weight excluding hydrogens is 347 g/mol. The molecule has 0 unspecified atom stereocenters. The predicted octanol–water partition coefficient (Wildman–Crippen LogP) is 4.55. The van der Waals surface area contributed by atoms with E-state index in [1.165, 1.54) is 12.1 Å². The minimum atomic E-state index is -0.471. The third-order valence-electron chi connectivity index (χ3n) is 4.63. The van der Waals surface area contributed by atoms with Gasteiger partial charge in [-0.3, -0.25) is 0 Å². The van der Waals surface area contributed by atoms with Gasteiger partial charge in [-0.05, 0) is 38.0 Å². The van der Waals surface area contributed by atoms with E-state index >= 15 is 0 Å². The minimum Gasteiger partial charge on any atom is -0.337 e. The molecule has 3 aromatic rings. The normalized spacial score (nSPS) is 16.5. The smallest absolute Gasteiger partial charge is 0.322 e. The Morgan fingerprint density at radius 3 is 2.93 bits per heavy atom. The number of hydrogen-bond donors (Lipinski definition) is 1. The number of nitrogens with zero attached hydrogens (tertiary/aromatic N) is 3. The quantitative estimate of drug-likeness (QED) is 0.738. The third kappa shape index (κ3) is 3.53. The van der Waals surface area contributed by atoms with E-state index in [1.54, 1.807) is 17.0 Å². The van der Waals surface area contributed by atoms with Crippen LogP contribution in [0, 0.1) is 12.7 Å². The average molecular weight is 366 g/mol. The van der Waals surface area contributed by atoms with Crippen molar-refractivity contribution in [3.8, 4) is 11.4 Å². The van der Waals surface area contributed by atoms with Crippen LogP contribution in [-0.2, 0) is 0 Å². The summed E-state index contributed by atoms with van der Waals surface area (Å²) in [4.78, 5) is 18.7. The first-order chi connectivity index (χ1) is 13.1. The second kappa shape index (κ2) is 7.19. The zero-order valence-corrected chi connectivity index (χ0v) is 14.9. The Balaban J connectivity index is 1.53. The average Bonchev–Trinajstić information content (AvgIpc) is 3.33. The fourth-order valence-electron chi connectivity index (χ4n) is 3.29. The van der Waals surface area contributed by atoms with Gasteiger partial charge in [0.1, 0.15) is 11.9 Å². The molecule has 4 rings (SSSR count). The Morgan fingerprint density at radius 1 is 1.26 bits per heavy atom. The van der Waals surface area contributed by atoms with Gasteiger partial charge in [-0.1, -0.05) is 41.1 Å². The Hall–Kier alpha value is -3.22. The lowest BCUT2D eigenvalue weighted by Gasteiger charge is -2.22. The molecule has 1 saturated heterocycles. The van der Waals surface area contributed by atoms with Crippen LogP contribution in [0.1, 0.15) is 30.3 Å². The number of aryl methyl sites for hydroxylation is 1. The first-order valence-electron chi connectivity index (χ1n) is 8.84. The van der Waals surface area contributed by atoms with Crippen molar-refractivity contribution in [3.63, 3.8) is 0 Å². The number of anilines is 1. The molecule has 138 valence electrons. The van der Waals surface area contributed by atoms with Gasteiger partial charge in [0.05, 0.1) is 5.69 Å². The van der Waals surface area contributed by atoms with Crippen LogP contribution in [0.5, 0.6) is 0 Å². The second-order valence-electron chi connectivity index (χ2n) is 6.59. The Kier molecular flexibility index (Phi) is 4.58. The molecule has 0 bridgehead atoms. The standard InChI is InChI=1S/C20H19FN4O2/c1-13-6-4-7-14(12-13)18-23-19(27-24-18)17-10-5-11-25(17)20(26)22-16-9-3-2-8-15(16)21/h2-4,6-9,12,17H,5,10-11H2,1H3,(H,22,26)/t17-/m1/s1. The van der Waals surface area contributed by atoms with Crippen LogP contribution in [0.3, 0.4) is 0 Å². The zero-order valence-electron chi connectivity index (χ0n) is 14.9. The summed E-state index contributed by atoms with van der Waals surface area (Å²) in [6.07, 6.45) is 1.54. The summed E-state index contributed by atoms with van der Waals surface area (Å²) in [6.45, 7) is 2.54. The summed E-state index contributed by atoms with van der Waals surface area (Å²) in [6, 6.07) is 13.2. The molecule has 2 amide bonds. The number of aromatic nitrogens is 2. The van der Waals surface area contributed by atoms with Crippen LogP contribution in [0.15, 0.2) is 53.1 Å². The van der Waals surface area contributed by atoms with E-state index in [-0.39, 0.29) is 17.8 Å². The number of hydrogen-bond acceptors (Lipinski definition) is 4. The number of carbonyl (C=O) groups is 1. The zero-order chi connectivity index (χ0) is 18.8. The lowest BCUT2D eigenvalue weighted by atomic mass is 10.1. The van der Waals surface area contributed by atoms with Crippen LogP contribution in [0.2, 0.25) is 0 Å². The highest BCUT2D eigenvalue weighted by Gasteiger charge is 2.34. The monoisotopic (exact) mass is 366 g/mol. The number of halogens is 1. The Labute approximate surface area is 156 Å². The van der Waals surface area contributed by atoms with Crippen LogP contribution in [-0.4, -0.2) is 27.6 Å². The molecule has 1 aliphatic rings. The van der Waals surface area contributed by atoms with Gasteiger partial charge in [0.25, 0.3) is 0 Å². The van der Waals surface area contributed by atoms with Crippen LogP contribution >= 0.6 is 0 Å². The van der Waals surface area contributed by atoms with Crippen molar-refractivity contribution in [1.82, 2.24) is 15.0 Å². The molecule has 0 saturated carbocycles. The molecule has 1 aliphatic heterocycles. The summed E-state index contributed by atoms with van der Waals surface area (Å²) < 4.78 is 19.2. The first-order valence-corrected chi connectivity index (χ1v) is 8.84. The predicted molar refractivity (Wildman–Crippen MR) is 98.6 cm³/mol. The van der Waals surface area contributed by atoms with Gasteiger partial charge in [-0.2, -0.15) is 4.98 Å². The molecule has 0 spiro atoms. The van der Waals surface area contributed by atoms with Crippen LogP contribution < -0.4 is 5.32 Å². The SMILES string of the molecule is Cc1cccc(-c2noc([C@H]3CCCN3C(=O)Nc3ccccc3F)n2)c1. The number of urea groups is 1. The maximum absolute atomic E-state index is 13.8. The van der Waals surface area contributed by atoms with Crippen molar-refractivity contribution in [2.75, 3.05) is 11.9 Å². The van der Waals surface area contributed by atoms with Gasteiger partial charge in [-0.25, -0.2) is 9.18 Å². The summed E-state index contributed by atoms with van der Waals surface area (Å²) in [7, 11) is 0. The fourth-order valence-corrected chi connectivity index (χ4v) is 3.29. The fraction of sp³-hybridized carbons (Fsp3) is 0.250. The van der Waals surface area contributed by atoms with Crippen molar-refractivity contribution in [1.29, 1.82) is 0 Å². The van der Waals surface area contributed by atoms with Crippen molar-refractivity contribution in [2.45, 2.75) is 25.8 Å². The molecule has 1 atom stereocenters. The van der Waals surface area contributed by atoms with Crippen molar-refractivity contribution < 1.29 is 13.7 Å². The summed E-state index contributed by atoms with van der Waals surface area (Å²) in [5.41, 5.74) is 2.12. The van der Waals surface area contributed by atoms with E-state index in [2.05, 4.69) is 15.5 Å². The first kappa shape index (κ1) is 17.2. The van der Waals surface area contributed by atoms with Crippen molar-refractivity contribution in [2.24, 2.45) is 0 Å². The van der Waals surface area contributed by atoms with Crippen molar-refractivity contribution in [3.05, 3.63) is 65.8 Å². The van der Waals surface area contributed by atoms with Crippen LogP contribution in [0.4, 0.5) is 14.9 Å². The van der Waals surface area contributed by atoms with E-state index in [1.807, 2.05) is 31.2 Å². The number of nitrogens with one attached hydrogen (secondary N) is 1.